The van der Waals surface area contributed by atoms with E-state index in [4.69, 9.17) is 10.5 Å². The van der Waals surface area contributed by atoms with Gasteiger partial charge in [0.2, 0.25) is 5.95 Å². The highest BCUT2D eigenvalue weighted by molar-refractivity contribution is 7.83. The van der Waals surface area contributed by atoms with Crippen molar-refractivity contribution in [3.63, 3.8) is 0 Å². The fraction of sp³-hybridized carbons (Fsp3) is 0.400. The van der Waals surface area contributed by atoms with E-state index in [-0.39, 0.29) is 11.7 Å². The van der Waals surface area contributed by atoms with E-state index in [2.05, 4.69) is 25.1 Å². The maximum atomic E-state index is 14.2. The van der Waals surface area contributed by atoms with E-state index < -0.39 is 16.6 Å². The van der Waals surface area contributed by atoms with E-state index in [0.717, 1.165) is 25.1 Å². The van der Waals surface area contributed by atoms with Crippen molar-refractivity contribution in [2.24, 2.45) is 0 Å². The fourth-order valence-corrected chi connectivity index (χ4v) is 4.02. The van der Waals surface area contributed by atoms with Crippen molar-refractivity contribution in [1.29, 1.82) is 0 Å². The topological polar surface area (TPSA) is 116 Å². The van der Waals surface area contributed by atoms with Crippen molar-refractivity contribution in [3.05, 3.63) is 36.2 Å². The number of hydrogen-bond acceptors (Lipinski definition) is 8. The minimum Gasteiger partial charge on any atom is -0.494 e. The third kappa shape index (κ3) is 4.49. The SMILES string of the molecule is COc1cc2nc(N)n3nc(CCCCN(C)c4cnn(CS(C)=O)c4)nc3c2cc1F. The molecule has 0 aliphatic rings. The van der Waals surface area contributed by atoms with E-state index in [9.17, 15) is 8.60 Å². The second-order valence-electron chi connectivity index (χ2n) is 7.56. The van der Waals surface area contributed by atoms with Gasteiger partial charge >= 0.3 is 0 Å². The predicted molar refractivity (Wildman–Crippen MR) is 122 cm³/mol. The average Bonchev–Trinajstić information content (AvgIpc) is 3.38. The number of hydrogen-bond donors (Lipinski definition) is 1. The van der Waals surface area contributed by atoms with Gasteiger partial charge in [-0.15, -0.1) is 5.10 Å². The van der Waals surface area contributed by atoms with Crippen molar-refractivity contribution in [2.45, 2.75) is 25.1 Å². The summed E-state index contributed by atoms with van der Waals surface area (Å²) >= 11 is 0. The standard InChI is InChI=1S/C20H25FN8O2S/c1-27(13-10-23-28(11-13)12-32(3)30)7-5-4-6-18-25-19-14-8-15(21)17(31-2)9-16(14)24-20(22)29(19)26-18/h8-11H,4-7,12H2,1-3H3,(H2,22,24). The second kappa shape index (κ2) is 9.07. The van der Waals surface area contributed by atoms with Crippen LogP contribution in [0.15, 0.2) is 24.5 Å². The summed E-state index contributed by atoms with van der Waals surface area (Å²) in [6.45, 7) is 0.825. The van der Waals surface area contributed by atoms with Crippen molar-refractivity contribution >= 4 is 39.0 Å². The molecule has 4 aromatic rings. The summed E-state index contributed by atoms with van der Waals surface area (Å²) in [5, 5.41) is 9.21. The number of methoxy groups -OCH3 is 1. The van der Waals surface area contributed by atoms with Crippen LogP contribution < -0.4 is 15.4 Å². The monoisotopic (exact) mass is 460 g/mol. The van der Waals surface area contributed by atoms with Gasteiger partial charge in [0, 0.05) is 54.7 Å². The van der Waals surface area contributed by atoms with Crippen LogP contribution in [0.2, 0.25) is 0 Å². The quantitative estimate of drug-likeness (QED) is 0.377. The van der Waals surface area contributed by atoms with Gasteiger partial charge < -0.3 is 15.4 Å². The van der Waals surface area contributed by atoms with Crippen molar-refractivity contribution < 1.29 is 13.3 Å². The van der Waals surface area contributed by atoms with Gasteiger partial charge in [0.1, 0.15) is 5.88 Å². The fourth-order valence-electron chi connectivity index (χ4n) is 3.50. The maximum absolute atomic E-state index is 14.2. The van der Waals surface area contributed by atoms with Gasteiger partial charge in [-0.2, -0.15) is 9.61 Å². The Hall–Kier alpha value is -3.28. The zero-order chi connectivity index (χ0) is 22.8. The van der Waals surface area contributed by atoms with E-state index >= 15 is 0 Å². The molecule has 0 aliphatic heterocycles. The Morgan fingerprint density at radius 1 is 1.28 bits per heavy atom. The van der Waals surface area contributed by atoms with E-state index in [1.807, 2.05) is 13.2 Å². The third-order valence-corrected chi connectivity index (χ3v) is 5.76. The number of rotatable bonds is 9. The summed E-state index contributed by atoms with van der Waals surface area (Å²) in [6.07, 6.45) is 7.74. The first-order valence-corrected chi connectivity index (χ1v) is 11.8. The van der Waals surface area contributed by atoms with Crippen molar-refractivity contribution in [1.82, 2.24) is 29.4 Å². The normalized spacial score (nSPS) is 12.5. The lowest BCUT2D eigenvalue weighted by Crippen LogP contribution is -2.18. The Bertz CT molecular complexity index is 1290. The van der Waals surface area contributed by atoms with Gasteiger partial charge in [-0.25, -0.2) is 14.4 Å². The third-order valence-electron chi connectivity index (χ3n) is 5.13. The summed E-state index contributed by atoms with van der Waals surface area (Å²) < 4.78 is 33.7. The Labute approximate surface area is 186 Å². The van der Waals surface area contributed by atoms with E-state index in [1.165, 1.54) is 23.8 Å². The van der Waals surface area contributed by atoms with Crippen LogP contribution >= 0.6 is 0 Å². The lowest BCUT2D eigenvalue weighted by molar-refractivity contribution is 0.387. The number of nitrogen functional groups attached to an aromatic ring is 1. The molecule has 0 bridgehead atoms. The average molecular weight is 461 g/mol. The first kappa shape index (κ1) is 21.9. The molecular formula is C20H25FN8O2S. The maximum Gasteiger partial charge on any atom is 0.223 e. The molecule has 1 atom stereocenters. The number of aromatic nitrogens is 6. The highest BCUT2D eigenvalue weighted by Crippen LogP contribution is 2.27. The zero-order valence-electron chi connectivity index (χ0n) is 18.2. The number of unbranched alkanes of at least 4 members (excludes halogenated alkanes) is 1. The Kier molecular flexibility index (Phi) is 6.21. The highest BCUT2D eigenvalue weighted by Gasteiger charge is 2.15. The molecule has 0 fully saturated rings. The smallest absolute Gasteiger partial charge is 0.223 e. The molecule has 0 saturated heterocycles. The summed E-state index contributed by atoms with van der Waals surface area (Å²) in [6, 6.07) is 2.85. The number of nitrogens with zero attached hydrogens (tertiary/aromatic N) is 7. The molecule has 2 N–H and O–H groups in total. The number of aryl methyl sites for hydroxylation is 1. The predicted octanol–water partition coefficient (Wildman–Crippen LogP) is 2.00. The Morgan fingerprint density at radius 3 is 2.84 bits per heavy atom. The number of fused-ring (bicyclic) bond motifs is 3. The van der Waals surface area contributed by atoms with Gasteiger partial charge in [0.15, 0.2) is 23.0 Å². The van der Waals surface area contributed by atoms with Crippen molar-refractivity contribution in [2.75, 3.05) is 37.6 Å². The Morgan fingerprint density at radius 2 is 2.09 bits per heavy atom. The summed E-state index contributed by atoms with van der Waals surface area (Å²) in [7, 11) is 2.46. The molecule has 0 amide bonds. The van der Waals surface area contributed by atoms with Crippen LogP contribution in [-0.2, 0) is 23.1 Å². The molecule has 3 aromatic heterocycles. The lowest BCUT2D eigenvalue weighted by Gasteiger charge is -2.16. The summed E-state index contributed by atoms with van der Waals surface area (Å²) in [5.41, 5.74) is 7.99. The van der Waals surface area contributed by atoms with Crippen LogP contribution in [0.3, 0.4) is 0 Å². The molecule has 170 valence electrons. The van der Waals surface area contributed by atoms with Crippen LogP contribution in [0.1, 0.15) is 18.7 Å². The molecule has 0 radical (unpaired) electrons. The van der Waals surface area contributed by atoms with Gasteiger partial charge in [-0.3, -0.25) is 8.89 Å². The largest absolute Gasteiger partial charge is 0.494 e. The molecule has 12 heteroatoms. The molecule has 0 aliphatic carbocycles. The minimum atomic E-state index is -0.940. The number of halogens is 1. The van der Waals surface area contributed by atoms with Gasteiger partial charge in [0.05, 0.1) is 24.5 Å². The molecule has 1 aromatic carbocycles. The highest BCUT2D eigenvalue weighted by atomic mass is 32.2. The summed E-state index contributed by atoms with van der Waals surface area (Å²) in [5.74, 6) is 0.810. The molecule has 3 heterocycles. The van der Waals surface area contributed by atoms with Gasteiger partial charge in [-0.1, -0.05) is 0 Å². The number of nitrogens with two attached hydrogens (primary N) is 1. The van der Waals surface area contributed by atoms with Crippen LogP contribution in [-0.4, -0.2) is 60.5 Å². The second-order valence-corrected chi connectivity index (χ2v) is 8.96. The summed E-state index contributed by atoms with van der Waals surface area (Å²) in [4.78, 5) is 11.0. The van der Waals surface area contributed by atoms with Crippen LogP contribution in [0.5, 0.6) is 5.75 Å². The van der Waals surface area contributed by atoms with Gasteiger partial charge in [0.25, 0.3) is 0 Å². The number of benzene rings is 1. The first-order chi connectivity index (χ1) is 15.4. The molecule has 10 nitrogen and oxygen atoms in total. The van der Waals surface area contributed by atoms with Crippen LogP contribution in [0, 0.1) is 5.82 Å². The minimum absolute atomic E-state index is 0.103. The molecule has 32 heavy (non-hydrogen) atoms. The van der Waals surface area contributed by atoms with Crippen LogP contribution in [0.25, 0.3) is 16.6 Å². The molecular weight excluding hydrogens is 435 g/mol. The molecule has 0 spiro atoms. The lowest BCUT2D eigenvalue weighted by atomic mass is 10.2. The number of anilines is 2. The molecule has 0 saturated carbocycles. The van der Waals surface area contributed by atoms with E-state index in [0.29, 0.717) is 34.7 Å². The van der Waals surface area contributed by atoms with Gasteiger partial charge in [-0.05, 0) is 18.9 Å². The zero-order valence-corrected chi connectivity index (χ0v) is 19.0. The first-order valence-electron chi connectivity index (χ1n) is 10.1. The molecule has 4 rings (SSSR count). The Balaban J connectivity index is 1.42. The van der Waals surface area contributed by atoms with Crippen molar-refractivity contribution in [3.8, 4) is 5.75 Å². The number of ether oxygens (including phenoxy) is 1. The molecule has 1 unspecified atom stereocenters. The van der Waals surface area contributed by atoms with Crippen LogP contribution in [0.4, 0.5) is 16.0 Å². The van der Waals surface area contributed by atoms with E-state index in [1.54, 1.807) is 17.1 Å².